The molecule has 0 aliphatic carbocycles. The maximum atomic E-state index is 5.43. The normalized spacial score (nSPS) is 10.8. The van der Waals surface area contributed by atoms with Crippen molar-refractivity contribution in [2.24, 2.45) is 0 Å². The molecule has 5 nitrogen and oxygen atoms in total. The minimum atomic E-state index is 0.552. The van der Waals surface area contributed by atoms with Crippen LogP contribution in [0, 0.1) is 11.7 Å². The zero-order valence-electron chi connectivity index (χ0n) is 12.0. The highest BCUT2D eigenvalue weighted by molar-refractivity contribution is 7.71. The molecule has 0 aliphatic rings. The van der Waals surface area contributed by atoms with Crippen molar-refractivity contribution in [1.82, 2.24) is 14.5 Å². The fourth-order valence-corrected chi connectivity index (χ4v) is 2.60. The van der Waals surface area contributed by atoms with Crippen molar-refractivity contribution in [2.45, 2.75) is 6.92 Å². The molecule has 0 bridgehead atoms. The molecule has 3 rings (SSSR count). The highest BCUT2D eigenvalue weighted by atomic mass is 32.1. The summed E-state index contributed by atoms with van der Waals surface area (Å²) in [6.45, 7) is 2.01. The second-order valence-electron chi connectivity index (χ2n) is 4.64. The first-order valence-electron chi connectivity index (χ1n) is 6.45. The van der Waals surface area contributed by atoms with E-state index < -0.39 is 0 Å². The third-order valence-electron chi connectivity index (χ3n) is 3.36. The van der Waals surface area contributed by atoms with Crippen LogP contribution in [0.4, 0.5) is 0 Å². The average Bonchev–Trinajstić information content (AvgIpc) is 2.82. The van der Waals surface area contributed by atoms with Crippen LogP contribution in [0.3, 0.4) is 0 Å². The lowest BCUT2D eigenvalue weighted by molar-refractivity contribution is 0.399. The van der Waals surface area contributed by atoms with Gasteiger partial charge in [0.1, 0.15) is 5.75 Å². The first kappa shape index (κ1) is 13.6. The number of ether oxygens (including phenoxy) is 2. The Balaban J connectivity index is 2.29. The highest BCUT2D eigenvalue weighted by Crippen LogP contribution is 2.25. The number of benzene rings is 1. The van der Waals surface area contributed by atoms with Crippen molar-refractivity contribution in [3.05, 3.63) is 40.7 Å². The molecule has 3 aromatic rings. The lowest BCUT2D eigenvalue weighted by atomic mass is 10.2. The number of rotatable bonds is 3. The molecule has 0 spiro atoms. The van der Waals surface area contributed by atoms with Crippen LogP contribution in [0.2, 0.25) is 0 Å². The van der Waals surface area contributed by atoms with Crippen molar-refractivity contribution >= 4 is 23.4 Å². The number of aromatic amines is 1. The first-order chi connectivity index (χ1) is 10.1. The molecular weight excluding hydrogens is 286 g/mol. The van der Waals surface area contributed by atoms with Crippen molar-refractivity contribution in [2.75, 3.05) is 14.2 Å². The molecule has 108 valence electrons. The number of hydrogen-bond acceptors (Lipinski definition) is 4. The van der Waals surface area contributed by atoms with Gasteiger partial charge in [0.15, 0.2) is 10.4 Å². The van der Waals surface area contributed by atoms with Gasteiger partial charge in [-0.2, -0.15) is 4.98 Å². The molecule has 2 heterocycles. The second kappa shape index (κ2) is 5.21. The number of methoxy groups -OCH3 is 2. The number of nitrogens with zero attached hydrogens (tertiary/aromatic N) is 2. The standard InChI is InChI=1S/C15H15N3O2S/c1-9-8-10(19-2)4-6-12(9)18-14-11(16-15(18)21)5-7-13(17-14)20-3/h4-8H,1-3H3,(H,16,21). The van der Waals surface area contributed by atoms with Crippen LogP contribution in [0.1, 0.15) is 5.56 Å². The molecule has 6 heteroatoms. The second-order valence-corrected chi connectivity index (χ2v) is 5.03. The molecule has 0 saturated heterocycles. The van der Waals surface area contributed by atoms with Gasteiger partial charge in [0.05, 0.1) is 25.4 Å². The predicted octanol–water partition coefficient (Wildman–Crippen LogP) is 3.41. The zero-order chi connectivity index (χ0) is 15.0. The van der Waals surface area contributed by atoms with Crippen LogP contribution in [-0.2, 0) is 0 Å². The van der Waals surface area contributed by atoms with Crippen LogP contribution in [0.15, 0.2) is 30.3 Å². The van der Waals surface area contributed by atoms with E-state index >= 15 is 0 Å². The predicted molar refractivity (Wildman–Crippen MR) is 84.1 cm³/mol. The van der Waals surface area contributed by atoms with Gasteiger partial charge in [0.25, 0.3) is 0 Å². The Bertz CT molecular complexity index is 867. The number of nitrogens with one attached hydrogen (secondary N) is 1. The van der Waals surface area contributed by atoms with E-state index in [9.17, 15) is 0 Å². The van der Waals surface area contributed by atoms with Crippen LogP contribution >= 0.6 is 12.2 Å². The summed E-state index contributed by atoms with van der Waals surface area (Å²) >= 11 is 5.43. The highest BCUT2D eigenvalue weighted by Gasteiger charge is 2.11. The van der Waals surface area contributed by atoms with Crippen molar-refractivity contribution in [3.63, 3.8) is 0 Å². The average molecular weight is 301 g/mol. The molecule has 21 heavy (non-hydrogen) atoms. The van der Waals surface area contributed by atoms with Crippen LogP contribution in [0.5, 0.6) is 11.6 Å². The van der Waals surface area contributed by atoms with Gasteiger partial charge in [-0.05, 0) is 49.0 Å². The van der Waals surface area contributed by atoms with E-state index in [0.717, 1.165) is 28.2 Å². The van der Waals surface area contributed by atoms with E-state index in [1.54, 1.807) is 20.3 Å². The number of hydrogen-bond donors (Lipinski definition) is 1. The molecule has 0 amide bonds. The van der Waals surface area contributed by atoms with E-state index in [0.29, 0.717) is 10.7 Å². The van der Waals surface area contributed by atoms with Crippen LogP contribution < -0.4 is 9.47 Å². The summed E-state index contributed by atoms with van der Waals surface area (Å²) in [5.41, 5.74) is 3.63. The number of aromatic nitrogens is 3. The molecular formula is C15H15N3O2S. The summed E-state index contributed by atoms with van der Waals surface area (Å²) < 4.78 is 12.9. The number of pyridine rings is 1. The van der Waals surface area contributed by atoms with Crippen molar-refractivity contribution in [3.8, 4) is 17.3 Å². The topological polar surface area (TPSA) is 52.1 Å². The lowest BCUT2D eigenvalue weighted by Crippen LogP contribution is -1.99. The van der Waals surface area contributed by atoms with Crippen molar-refractivity contribution in [1.29, 1.82) is 0 Å². The van der Waals surface area contributed by atoms with Crippen LogP contribution in [-0.4, -0.2) is 28.8 Å². The van der Waals surface area contributed by atoms with Gasteiger partial charge in [0.2, 0.25) is 5.88 Å². The molecule has 1 N–H and O–H groups in total. The molecule has 0 aliphatic heterocycles. The molecule has 0 fully saturated rings. The maximum absolute atomic E-state index is 5.43. The Hall–Kier alpha value is -2.34. The summed E-state index contributed by atoms with van der Waals surface area (Å²) in [6.07, 6.45) is 0. The number of aryl methyl sites for hydroxylation is 1. The minimum Gasteiger partial charge on any atom is -0.497 e. The number of H-pyrrole nitrogens is 1. The fraction of sp³-hybridized carbons (Fsp3) is 0.200. The Morgan fingerprint density at radius 3 is 2.62 bits per heavy atom. The zero-order valence-corrected chi connectivity index (χ0v) is 12.8. The molecule has 2 aromatic heterocycles. The van der Waals surface area contributed by atoms with E-state index in [-0.39, 0.29) is 0 Å². The summed E-state index contributed by atoms with van der Waals surface area (Å²) in [5, 5.41) is 0. The largest absolute Gasteiger partial charge is 0.497 e. The van der Waals surface area contributed by atoms with Gasteiger partial charge in [-0.1, -0.05) is 0 Å². The smallest absolute Gasteiger partial charge is 0.215 e. The summed E-state index contributed by atoms with van der Waals surface area (Å²) in [4.78, 5) is 7.65. The molecule has 1 aromatic carbocycles. The Morgan fingerprint density at radius 1 is 1.14 bits per heavy atom. The van der Waals surface area contributed by atoms with Gasteiger partial charge in [-0.15, -0.1) is 0 Å². The summed E-state index contributed by atoms with van der Waals surface area (Å²) in [6, 6.07) is 9.56. The molecule has 0 saturated carbocycles. The molecule has 0 radical (unpaired) electrons. The lowest BCUT2D eigenvalue weighted by Gasteiger charge is -2.10. The Labute approximate surface area is 127 Å². The quantitative estimate of drug-likeness (QED) is 0.753. The number of imidazole rings is 1. The van der Waals surface area contributed by atoms with Gasteiger partial charge < -0.3 is 14.5 Å². The van der Waals surface area contributed by atoms with Gasteiger partial charge >= 0.3 is 0 Å². The Morgan fingerprint density at radius 2 is 1.95 bits per heavy atom. The van der Waals surface area contributed by atoms with Crippen molar-refractivity contribution < 1.29 is 9.47 Å². The molecule has 0 unspecified atom stereocenters. The fourth-order valence-electron chi connectivity index (χ4n) is 2.31. The Kier molecular flexibility index (Phi) is 3.39. The summed E-state index contributed by atoms with van der Waals surface area (Å²) in [7, 11) is 3.25. The first-order valence-corrected chi connectivity index (χ1v) is 6.85. The minimum absolute atomic E-state index is 0.552. The van der Waals surface area contributed by atoms with Gasteiger partial charge in [-0.3, -0.25) is 4.57 Å². The van der Waals surface area contributed by atoms with Crippen LogP contribution in [0.25, 0.3) is 16.9 Å². The monoisotopic (exact) mass is 301 g/mol. The summed E-state index contributed by atoms with van der Waals surface area (Å²) in [5.74, 6) is 1.37. The van der Waals surface area contributed by atoms with E-state index in [1.807, 2.05) is 35.8 Å². The third-order valence-corrected chi connectivity index (χ3v) is 3.64. The maximum Gasteiger partial charge on any atom is 0.215 e. The van der Waals surface area contributed by atoms with E-state index in [2.05, 4.69) is 9.97 Å². The SMILES string of the molecule is COc1ccc(-n2c(=S)[nH]c3ccc(OC)nc32)c(C)c1. The van der Waals surface area contributed by atoms with E-state index in [1.165, 1.54) is 0 Å². The third kappa shape index (κ3) is 2.27. The number of fused-ring (bicyclic) bond motifs is 1. The van der Waals surface area contributed by atoms with Gasteiger partial charge in [0, 0.05) is 6.07 Å². The van der Waals surface area contributed by atoms with Gasteiger partial charge in [-0.25, -0.2) is 0 Å². The molecule has 0 atom stereocenters. The van der Waals surface area contributed by atoms with E-state index in [4.69, 9.17) is 21.7 Å².